The van der Waals surface area contributed by atoms with Crippen LogP contribution in [0.5, 0.6) is 0 Å². The van der Waals surface area contributed by atoms with Crippen LogP contribution in [-0.4, -0.2) is 43.6 Å². The van der Waals surface area contributed by atoms with Gasteiger partial charge in [0.1, 0.15) is 0 Å². The van der Waals surface area contributed by atoms with Crippen LogP contribution in [0.25, 0.3) is 0 Å². The lowest BCUT2D eigenvalue weighted by Gasteiger charge is -2.27. The molecule has 2 amide bonds. The molecule has 1 atom stereocenters. The molecule has 148 valence electrons. The molecule has 28 heavy (non-hydrogen) atoms. The third kappa shape index (κ3) is 3.71. The van der Waals surface area contributed by atoms with Crippen LogP contribution < -0.4 is 10.2 Å². The third-order valence-electron chi connectivity index (χ3n) is 5.55. The van der Waals surface area contributed by atoms with E-state index >= 15 is 0 Å². The molecule has 2 saturated heterocycles. The molecule has 2 fully saturated rings. The SMILES string of the molecule is COC(=O)c1ccc(N2CCCC2)c(NC(=O)N2CCC[C@@H]2c2ccsc2)c1. The van der Waals surface area contributed by atoms with Gasteiger partial charge in [0, 0.05) is 19.6 Å². The van der Waals surface area contributed by atoms with Gasteiger partial charge >= 0.3 is 12.0 Å². The highest BCUT2D eigenvalue weighted by atomic mass is 32.1. The Morgan fingerprint density at radius 2 is 1.96 bits per heavy atom. The van der Waals surface area contributed by atoms with Gasteiger partial charge in [0.25, 0.3) is 0 Å². The quantitative estimate of drug-likeness (QED) is 0.769. The number of hydrogen-bond acceptors (Lipinski definition) is 5. The summed E-state index contributed by atoms with van der Waals surface area (Å²) in [4.78, 5) is 29.3. The predicted molar refractivity (Wildman–Crippen MR) is 111 cm³/mol. The number of nitrogens with zero attached hydrogens (tertiary/aromatic N) is 2. The van der Waals surface area contributed by atoms with Gasteiger partial charge in [-0.2, -0.15) is 11.3 Å². The zero-order chi connectivity index (χ0) is 19.5. The number of carbonyl (C=O) groups is 2. The van der Waals surface area contributed by atoms with E-state index in [4.69, 9.17) is 4.74 Å². The van der Waals surface area contributed by atoms with Crippen LogP contribution in [-0.2, 0) is 4.74 Å². The molecule has 0 aliphatic carbocycles. The van der Waals surface area contributed by atoms with Crippen molar-refractivity contribution in [3.05, 3.63) is 46.2 Å². The smallest absolute Gasteiger partial charge is 0.337 e. The number of rotatable bonds is 4. The van der Waals surface area contributed by atoms with Crippen molar-refractivity contribution >= 4 is 34.7 Å². The van der Waals surface area contributed by atoms with Gasteiger partial charge in [-0.1, -0.05) is 0 Å². The second-order valence-electron chi connectivity index (χ2n) is 7.26. The Morgan fingerprint density at radius 3 is 2.68 bits per heavy atom. The van der Waals surface area contributed by atoms with E-state index in [1.165, 1.54) is 12.7 Å². The first-order valence-electron chi connectivity index (χ1n) is 9.74. The number of ether oxygens (including phenoxy) is 1. The van der Waals surface area contributed by atoms with Gasteiger partial charge in [-0.3, -0.25) is 0 Å². The standard InChI is InChI=1S/C21H25N3O3S/c1-27-20(25)15-6-7-19(23-9-2-3-10-23)17(13-15)22-21(26)24-11-4-5-18(24)16-8-12-28-14-16/h6-8,12-14,18H,2-5,9-11H2,1H3,(H,22,26)/t18-/m1/s1. The summed E-state index contributed by atoms with van der Waals surface area (Å²) >= 11 is 1.65. The van der Waals surface area contributed by atoms with Gasteiger partial charge < -0.3 is 19.9 Å². The molecule has 3 heterocycles. The van der Waals surface area contributed by atoms with E-state index < -0.39 is 5.97 Å². The van der Waals surface area contributed by atoms with Gasteiger partial charge in [0.15, 0.2) is 0 Å². The van der Waals surface area contributed by atoms with E-state index in [1.54, 1.807) is 23.5 Å². The topological polar surface area (TPSA) is 61.9 Å². The molecule has 2 aromatic rings. The minimum Gasteiger partial charge on any atom is -0.465 e. The molecule has 4 rings (SSSR count). The molecule has 1 aromatic carbocycles. The van der Waals surface area contributed by atoms with Crippen LogP contribution in [0.4, 0.5) is 16.2 Å². The Balaban J connectivity index is 1.59. The maximum Gasteiger partial charge on any atom is 0.337 e. The summed E-state index contributed by atoms with van der Waals surface area (Å²) in [6, 6.07) is 7.50. The summed E-state index contributed by atoms with van der Waals surface area (Å²) in [6.45, 7) is 2.66. The van der Waals surface area contributed by atoms with Crippen LogP contribution in [0, 0.1) is 0 Å². The number of carbonyl (C=O) groups excluding carboxylic acids is 2. The molecule has 1 N–H and O–H groups in total. The summed E-state index contributed by atoms with van der Waals surface area (Å²) < 4.78 is 4.85. The normalized spacial score (nSPS) is 19.1. The third-order valence-corrected chi connectivity index (χ3v) is 6.25. The van der Waals surface area contributed by atoms with E-state index in [9.17, 15) is 9.59 Å². The lowest BCUT2D eigenvalue weighted by molar-refractivity contribution is 0.0600. The molecule has 0 saturated carbocycles. The maximum absolute atomic E-state index is 13.1. The number of hydrogen-bond donors (Lipinski definition) is 1. The van der Waals surface area contributed by atoms with E-state index in [0.29, 0.717) is 11.3 Å². The summed E-state index contributed by atoms with van der Waals surface area (Å²) in [6.07, 6.45) is 4.25. The van der Waals surface area contributed by atoms with Crippen LogP contribution >= 0.6 is 11.3 Å². The highest BCUT2D eigenvalue weighted by Gasteiger charge is 2.31. The Labute approximate surface area is 169 Å². The molecule has 0 unspecified atom stereocenters. The zero-order valence-electron chi connectivity index (χ0n) is 16.0. The van der Waals surface area contributed by atoms with Crippen molar-refractivity contribution in [2.75, 3.05) is 37.0 Å². The van der Waals surface area contributed by atoms with Crippen molar-refractivity contribution in [3.8, 4) is 0 Å². The van der Waals surface area contributed by atoms with Crippen LogP contribution in [0.3, 0.4) is 0 Å². The molecular formula is C21H25N3O3S. The van der Waals surface area contributed by atoms with Crippen molar-refractivity contribution in [1.29, 1.82) is 0 Å². The van der Waals surface area contributed by atoms with Gasteiger partial charge in [-0.15, -0.1) is 0 Å². The Hall–Kier alpha value is -2.54. The van der Waals surface area contributed by atoms with E-state index in [1.807, 2.05) is 11.0 Å². The number of likely N-dealkylation sites (tertiary alicyclic amines) is 1. The van der Waals surface area contributed by atoms with Gasteiger partial charge in [-0.05, 0) is 66.3 Å². The first-order chi connectivity index (χ1) is 13.7. The predicted octanol–water partition coefficient (Wildman–Crippen LogP) is 4.50. The van der Waals surface area contributed by atoms with Crippen molar-refractivity contribution in [1.82, 2.24) is 4.90 Å². The molecule has 0 spiro atoms. The number of urea groups is 1. The lowest BCUT2D eigenvalue weighted by Crippen LogP contribution is -2.35. The number of anilines is 2. The average Bonchev–Trinajstić information content (AvgIpc) is 3.48. The average molecular weight is 400 g/mol. The van der Waals surface area contributed by atoms with E-state index in [-0.39, 0.29) is 12.1 Å². The van der Waals surface area contributed by atoms with Crippen LogP contribution in [0.15, 0.2) is 35.0 Å². The molecule has 2 aliphatic rings. The Bertz CT molecular complexity index is 847. The van der Waals surface area contributed by atoms with Crippen LogP contribution in [0.1, 0.15) is 47.6 Å². The molecule has 2 aliphatic heterocycles. The Kier molecular flexibility index (Phi) is 5.52. The fourth-order valence-corrected chi connectivity index (χ4v) is 4.83. The molecule has 1 aromatic heterocycles. The summed E-state index contributed by atoms with van der Waals surface area (Å²) in [7, 11) is 1.37. The second-order valence-corrected chi connectivity index (χ2v) is 8.04. The summed E-state index contributed by atoms with van der Waals surface area (Å²) in [5.41, 5.74) is 3.27. The highest BCUT2D eigenvalue weighted by Crippen LogP contribution is 2.35. The minimum absolute atomic E-state index is 0.115. The largest absolute Gasteiger partial charge is 0.465 e. The zero-order valence-corrected chi connectivity index (χ0v) is 16.8. The van der Waals surface area contributed by atoms with Crippen molar-refractivity contribution < 1.29 is 14.3 Å². The number of thiophene rings is 1. The fourth-order valence-electron chi connectivity index (χ4n) is 4.12. The van der Waals surface area contributed by atoms with Gasteiger partial charge in [0.05, 0.1) is 30.1 Å². The maximum atomic E-state index is 13.1. The lowest BCUT2D eigenvalue weighted by atomic mass is 10.1. The van der Waals surface area contributed by atoms with Crippen molar-refractivity contribution in [2.45, 2.75) is 31.7 Å². The van der Waals surface area contributed by atoms with E-state index in [0.717, 1.165) is 51.0 Å². The fraction of sp³-hybridized carbons (Fsp3) is 0.429. The van der Waals surface area contributed by atoms with Crippen molar-refractivity contribution in [2.24, 2.45) is 0 Å². The Morgan fingerprint density at radius 1 is 1.14 bits per heavy atom. The summed E-state index contributed by atoms with van der Waals surface area (Å²) in [5, 5.41) is 7.25. The monoisotopic (exact) mass is 399 g/mol. The number of nitrogens with one attached hydrogen (secondary N) is 1. The number of benzene rings is 1. The minimum atomic E-state index is -0.402. The number of esters is 1. The van der Waals surface area contributed by atoms with E-state index in [2.05, 4.69) is 27.0 Å². The molecule has 6 nitrogen and oxygen atoms in total. The molecule has 0 radical (unpaired) electrons. The number of methoxy groups -OCH3 is 1. The molecular weight excluding hydrogens is 374 g/mol. The molecule has 7 heteroatoms. The highest BCUT2D eigenvalue weighted by molar-refractivity contribution is 7.08. The first-order valence-corrected chi connectivity index (χ1v) is 10.7. The number of amides is 2. The first kappa shape index (κ1) is 18.8. The summed E-state index contributed by atoms with van der Waals surface area (Å²) in [5.74, 6) is -0.402. The second kappa shape index (κ2) is 8.22. The van der Waals surface area contributed by atoms with Gasteiger partial charge in [0.2, 0.25) is 0 Å². The van der Waals surface area contributed by atoms with Crippen LogP contribution in [0.2, 0.25) is 0 Å². The van der Waals surface area contributed by atoms with Crippen molar-refractivity contribution in [3.63, 3.8) is 0 Å². The van der Waals surface area contributed by atoms with Gasteiger partial charge in [-0.25, -0.2) is 9.59 Å². The molecule has 0 bridgehead atoms.